The zero-order chi connectivity index (χ0) is 17.3. The molecule has 0 radical (unpaired) electrons. The van der Waals surface area contributed by atoms with Crippen molar-refractivity contribution in [1.29, 1.82) is 0 Å². The topological polar surface area (TPSA) is 98.3 Å². The molecular formula is C16H26N4O3S. The number of aliphatic hydroxyl groups excluding tert-OH is 1. The van der Waals surface area contributed by atoms with Gasteiger partial charge < -0.3 is 10.4 Å². The molecule has 3 aliphatic rings. The molecule has 2 aliphatic heterocycles. The van der Waals surface area contributed by atoms with E-state index in [1.54, 1.807) is 18.2 Å². The molecule has 1 aliphatic carbocycles. The molecule has 3 fully saturated rings. The van der Waals surface area contributed by atoms with E-state index in [1.165, 1.54) is 0 Å². The molecular weight excluding hydrogens is 328 g/mol. The van der Waals surface area contributed by atoms with Gasteiger partial charge in [-0.3, -0.25) is 5.10 Å². The largest absolute Gasteiger partial charge is 0.392 e. The number of nitrogens with zero attached hydrogens (tertiary/aromatic N) is 2. The highest BCUT2D eigenvalue weighted by Gasteiger charge is 2.55. The molecule has 24 heavy (non-hydrogen) atoms. The molecule has 3 bridgehead atoms. The van der Waals surface area contributed by atoms with E-state index >= 15 is 0 Å². The number of hydrogen-bond donors (Lipinski definition) is 3. The third kappa shape index (κ3) is 2.20. The Hall–Kier alpha value is -0.960. The molecule has 0 unspecified atom stereocenters. The van der Waals surface area contributed by atoms with Crippen LogP contribution >= 0.6 is 0 Å². The predicted octanol–water partition coefficient (Wildman–Crippen LogP) is 0.539. The number of nitrogens with one attached hydrogen (secondary N) is 2. The number of aliphatic hydroxyl groups is 1. The lowest BCUT2D eigenvalue weighted by molar-refractivity contribution is -0.0546. The number of aromatic nitrogens is 2. The van der Waals surface area contributed by atoms with Crippen molar-refractivity contribution in [1.82, 2.24) is 19.8 Å². The van der Waals surface area contributed by atoms with Crippen molar-refractivity contribution in [3.8, 4) is 0 Å². The minimum Gasteiger partial charge on any atom is -0.392 e. The summed E-state index contributed by atoms with van der Waals surface area (Å²) in [6.07, 6.45) is 2.23. The van der Waals surface area contributed by atoms with Crippen molar-refractivity contribution in [2.45, 2.75) is 63.1 Å². The lowest BCUT2D eigenvalue weighted by Gasteiger charge is -2.46. The third-order valence-electron chi connectivity index (χ3n) is 6.39. The van der Waals surface area contributed by atoms with Gasteiger partial charge in [0.2, 0.25) is 10.0 Å². The van der Waals surface area contributed by atoms with Crippen molar-refractivity contribution in [2.75, 3.05) is 13.1 Å². The molecule has 0 amide bonds. The fourth-order valence-corrected chi connectivity index (χ4v) is 7.03. The lowest BCUT2D eigenvalue weighted by atomic mass is 9.65. The van der Waals surface area contributed by atoms with Crippen LogP contribution in [0.2, 0.25) is 0 Å². The van der Waals surface area contributed by atoms with E-state index < -0.39 is 16.1 Å². The molecule has 134 valence electrons. The number of fused-ring (bicyclic) bond motifs is 2. The summed E-state index contributed by atoms with van der Waals surface area (Å²) in [5.41, 5.74) is 0.942. The molecule has 8 heteroatoms. The Morgan fingerprint density at radius 1 is 1.29 bits per heavy atom. The second kappa shape index (κ2) is 5.27. The van der Waals surface area contributed by atoms with E-state index in [1.807, 2.05) is 0 Å². The first-order valence-corrected chi connectivity index (χ1v) is 10.1. The maximum Gasteiger partial charge on any atom is 0.246 e. The predicted molar refractivity (Wildman–Crippen MR) is 89.0 cm³/mol. The van der Waals surface area contributed by atoms with E-state index in [-0.39, 0.29) is 28.3 Å². The van der Waals surface area contributed by atoms with Crippen LogP contribution in [0.15, 0.2) is 4.90 Å². The van der Waals surface area contributed by atoms with Crippen molar-refractivity contribution < 1.29 is 13.5 Å². The van der Waals surface area contributed by atoms with Crippen molar-refractivity contribution in [3.05, 3.63) is 11.4 Å². The van der Waals surface area contributed by atoms with Gasteiger partial charge in [-0.05, 0) is 39.0 Å². The number of rotatable bonds is 2. The molecule has 0 spiro atoms. The van der Waals surface area contributed by atoms with Crippen LogP contribution in [0.5, 0.6) is 0 Å². The van der Waals surface area contributed by atoms with Gasteiger partial charge in [-0.1, -0.05) is 6.92 Å². The summed E-state index contributed by atoms with van der Waals surface area (Å²) in [6, 6.07) is 0.379. The van der Waals surface area contributed by atoms with Crippen LogP contribution in [0.25, 0.3) is 0 Å². The fourth-order valence-electron chi connectivity index (χ4n) is 5.16. The second-order valence-corrected chi connectivity index (χ2v) is 9.87. The molecule has 5 atom stereocenters. The molecule has 1 aromatic heterocycles. The highest BCUT2D eigenvalue weighted by Crippen LogP contribution is 2.48. The van der Waals surface area contributed by atoms with E-state index in [4.69, 9.17) is 0 Å². The van der Waals surface area contributed by atoms with Crippen molar-refractivity contribution >= 4 is 10.0 Å². The minimum absolute atomic E-state index is 0.00520. The average Bonchev–Trinajstić information content (AvgIpc) is 3.04. The Labute approximate surface area is 142 Å². The summed E-state index contributed by atoms with van der Waals surface area (Å²) in [5.74, 6) is -0.00520. The highest BCUT2D eigenvalue weighted by atomic mass is 32.2. The fraction of sp³-hybridized carbons (Fsp3) is 0.812. The van der Waals surface area contributed by atoms with E-state index in [2.05, 4.69) is 22.4 Å². The Morgan fingerprint density at radius 3 is 2.71 bits per heavy atom. The maximum absolute atomic E-state index is 13.2. The van der Waals surface area contributed by atoms with Crippen LogP contribution in [0.1, 0.15) is 37.6 Å². The monoisotopic (exact) mass is 354 g/mol. The summed E-state index contributed by atoms with van der Waals surface area (Å²) in [5, 5.41) is 21.3. The molecule has 3 heterocycles. The van der Waals surface area contributed by atoms with Crippen LogP contribution in [0, 0.1) is 25.2 Å². The first-order chi connectivity index (χ1) is 11.2. The Bertz CT molecular complexity index is 742. The summed E-state index contributed by atoms with van der Waals surface area (Å²) in [7, 11) is -3.62. The van der Waals surface area contributed by atoms with E-state index in [9.17, 15) is 13.5 Å². The zero-order valence-electron chi connectivity index (χ0n) is 14.4. The second-order valence-electron chi connectivity index (χ2n) is 7.99. The van der Waals surface area contributed by atoms with Gasteiger partial charge in [-0.15, -0.1) is 0 Å². The van der Waals surface area contributed by atoms with Gasteiger partial charge in [-0.2, -0.15) is 9.40 Å². The molecule has 7 nitrogen and oxygen atoms in total. The smallest absolute Gasteiger partial charge is 0.246 e. The lowest BCUT2D eigenvalue weighted by Crippen LogP contribution is -2.53. The first-order valence-electron chi connectivity index (χ1n) is 8.69. The zero-order valence-corrected chi connectivity index (χ0v) is 15.2. The van der Waals surface area contributed by atoms with E-state index in [0.29, 0.717) is 24.5 Å². The van der Waals surface area contributed by atoms with Crippen molar-refractivity contribution in [3.63, 3.8) is 0 Å². The first kappa shape index (κ1) is 16.5. The molecule has 1 aromatic rings. The Morgan fingerprint density at radius 2 is 2.04 bits per heavy atom. The molecule has 4 rings (SSSR count). The van der Waals surface area contributed by atoms with Gasteiger partial charge in [0.05, 0.1) is 17.5 Å². The Kier molecular flexibility index (Phi) is 3.62. The standard InChI is InChI=1S/C16H26N4O3S/c1-9-14(10(2)19-18-9)24(22,23)20-7-11-4-5-13-16(3,15(11)21)6-12(8-20)17-13/h11-13,15,17,21H,4-8H2,1-3H3,(H,18,19)/t11-,12-,13-,15+,16-/m0/s1. The van der Waals surface area contributed by atoms with Crippen LogP contribution in [-0.2, 0) is 10.0 Å². The maximum atomic E-state index is 13.2. The average molecular weight is 354 g/mol. The van der Waals surface area contributed by atoms with Crippen LogP contribution in [0.4, 0.5) is 0 Å². The normalized spacial score (nSPS) is 39.8. The van der Waals surface area contributed by atoms with Crippen LogP contribution in [-0.4, -0.2) is 59.3 Å². The van der Waals surface area contributed by atoms with Crippen molar-refractivity contribution in [2.24, 2.45) is 11.3 Å². The summed E-state index contributed by atoms with van der Waals surface area (Å²) < 4.78 is 28.1. The summed E-state index contributed by atoms with van der Waals surface area (Å²) in [4.78, 5) is 0.285. The molecule has 1 saturated carbocycles. The summed E-state index contributed by atoms with van der Waals surface area (Å²) in [6.45, 7) is 6.44. The molecule has 0 aromatic carbocycles. The Balaban J connectivity index is 1.73. The highest BCUT2D eigenvalue weighted by molar-refractivity contribution is 7.89. The number of aromatic amines is 1. The van der Waals surface area contributed by atoms with Gasteiger partial charge in [0, 0.05) is 30.6 Å². The van der Waals surface area contributed by atoms with Gasteiger partial charge >= 0.3 is 0 Å². The molecule has 3 N–H and O–H groups in total. The van der Waals surface area contributed by atoms with Gasteiger partial charge in [-0.25, -0.2) is 8.42 Å². The SMILES string of the molecule is Cc1n[nH]c(C)c1S(=O)(=O)N1C[C@@H]2C[C@@]3(C)[C@H](CC[C@@H](C1)[C@H]3O)N2. The van der Waals surface area contributed by atoms with Crippen LogP contribution < -0.4 is 5.32 Å². The number of H-pyrrole nitrogens is 1. The number of sulfonamides is 1. The molecule has 2 saturated heterocycles. The minimum atomic E-state index is -3.62. The summed E-state index contributed by atoms with van der Waals surface area (Å²) >= 11 is 0. The number of hydrogen-bond acceptors (Lipinski definition) is 5. The van der Waals surface area contributed by atoms with E-state index in [0.717, 1.165) is 19.3 Å². The van der Waals surface area contributed by atoms with Gasteiger partial charge in [0.25, 0.3) is 0 Å². The van der Waals surface area contributed by atoms with Gasteiger partial charge in [0.1, 0.15) is 4.90 Å². The number of aryl methyl sites for hydroxylation is 2. The third-order valence-corrected chi connectivity index (χ3v) is 8.48. The van der Waals surface area contributed by atoms with Crippen LogP contribution in [0.3, 0.4) is 0 Å². The van der Waals surface area contributed by atoms with Gasteiger partial charge in [0.15, 0.2) is 0 Å². The quantitative estimate of drug-likeness (QED) is 0.720.